The maximum absolute atomic E-state index is 11.3. The molecule has 0 radical (unpaired) electrons. The van der Waals surface area contributed by atoms with E-state index < -0.39 is 11.9 Å². The number of benzene rings is 1. The van der Waals surface area contributed by atoms with Crippen molar-refractivity contribution in [2.24, 2.45) is 5.73 Å². The molecule has 0 amide bonds. The number of hydrogen-bond donors (Lipinski definition) is 2. The lowest BCUT2D eigenvalue weighted by Crippen LogP contribution is -2.18. The topological polar surface area (TPSA) is 69.4 Å². The van der Waals surface area contributed by atoms with Gasteiger partial charge in [0.25, 0.3) is 0 Å². The summed E-state index contributed by atoms with van der Waals surface area (Å²) in [4.78, 5) is 22.5. The molecule has 4 nitrogen and oxygen atoms in total. The van der Waals surface area contributed by atoms with Crippen LogP contribution in [0.2, 0.25) is 0 Å². The van der Waals surface area contributed by atoms with Crippen LogP contribution in [0.25, 0.3) is 0 Å². The predicted octanol–water partition coefficient (Wildman–Crippen LogP) is 0.972. The molecule has 0 saturated heterocycles. The highest BCUT2D eigenvalue weighted by Crippen LogP contribution is 2.19. The first-order chi connectivity index (χ1) is 7.60. The van der Waals surface area contributed by atoms with Crippen LogP contribution in [0.5, 0.6) is 0 Å². The molecule has 0 bridgehead atoms. The average Bonchev–Trinajstić information content (AvgIpc) is 2.29. The third-order valence-corrected chi connectivity index (χ3v) is 2.56. The van der Waals surface area contributed by atoms with Crippen LogP contribution in [0.4, 0.5) is 0 Å². The van der Waals surface area contributed by atoms with Crippen molar-refractivity contribution < 1.29 is 14.3 Å². The Morgan fingerprint density at radius 3 is 2.69 bits per heavy atom. The van der Waals surface area contributed by atoms with Gasteiger partial charge < -0.3 is 10.5 Å². The molecule has 1 aromatic carbocycles. The SMILES string of the molecule is COC(=O)c1cccc(C(CN)C(=O)S)c1. The Morgan fingerprint density at radius 2 is 2.19 bits per heavy atom. The van der Waals surface area contributed by atoms with Crippen LogP contribution < -0.4 is 5.73 Å². The van der Waals surface area contributed by atoms with Crippen molar-refractivity contribution in [2.45, 2.75) is 5.92 Å². The van der Waals surface area contributed by atoms with Gasteiger partial charge in [0.05, 0.1) is 18.6 Å². The second kappa shape index (κ2) is 5.67. The van der Waals surface area contributed by atoms with E-state index in [1.54, 1.807) is 24.3 Å². The van der Waals surface area contributed by atoms with Gasteiger partial charge in [0.1, 0.15) is 0 Å². The van der Waals surface area contributed by atoms with Crippen LogP contribution in [-0.2, 0) is 9.53 Å². The van der Waals surface area contributed by atoms with Crippen LogP contribution in [0.15, 0.2) is 24.3 Å². The number of ether oxygens (including phenoxy) is 1. The zero-order valence-electron chi connectivity index (χ0n) is 8.84. The molecule has 0 fully saturated rings. The molecule has 1 aromatic rings. The van der Waals surface area contributed by atoms with Gasteiger partial charge in [0.2, 0.25) is 0 Å². The fourth-order valence-corrected chi connectivity index (χ4v) is 1.63. The maximum Gasteiger partial charge on any atom is 0.337 e. The Balaban J connectivity index is 3.06. The summed E-state index contributed by atoms with van der Waals surface area (Å²) in [5.41, 5.74) is 6.55. The normalized spacial score (nSPS) is 11.9. The van der Waals surface area contributed by atoms with Crippen molar-refractivity contribution in [2.75, 3.05) is 13.7 Å². The average molecular weight is 239 g/mol. The highest BCUT2D eigenvalue weighted by molar-refractivity contribution is 7.96. The zero-order valence-corrected chi connectivity index (χ0v) is 9.74. The lowest BCUT2D eigenvalue weighted by atomic mass is 9.98. The van der Waals surface area contributed by atoms with Gasteiger partial charge in [-0.2, -0.15) is 0 Å². The summed E-state index contributed by atoms with van der Waals surface area (Å²) < 4.78 is 4.59. The standard InChI is InChI=1S/C11H13NO3S/c1-15-10(13)8-4-2-3-7(5-8)9(6-12)11(14)16/h2-5,9H,6,12H2,1H3,(H,14,16). The Labute approximate surface area is 99.2 Å². The first-order valence-electron chi connectivity index (χ1n) is 4.71. The van der Waals surface area contributed by atoms with Gasteiger partial charge in [0, 0.05) is 6.54 Å². The highest BCUT2D eigenvalue weighted by atomic mass is 32.1. The minimum atomic E-state index is -0.493. The first-order valence-corrected chi connectivity index (χ1v) is 5.16. The number of carbonyl (C=O) groups is 2. The van der Waals surface area contributed by atoms with Crippen molar-refractivity contribution in [1.29, 1.82) is 0 Å². The van der Waals surface area contributed by atoms with E-state index >= 15 is 0 Å². The van der Waals surface area contributed by atoms with Crippen molar-refractivity contribution in [3.63, 3.8) is 0 Å². The molecule has 2 N–H and O–H groups in total. The van der Waals surface area contributed by atoms with E-state index in [-0.39, 0.29) is 11.7 Å². The van der Waals surface area contributed by atoms with E-state index in [0.717, 1.165) is 0 Å². The number of thiol groups is 1. The quantitative estimate of drug-likeness (QED) is 0.607. The minimum absolute atomic E-state index is 0.160. The van der Waals surface area contributed by atoms with Gasteiger partial charge >= 0.3 is 5.97 Å². The van der Waals surface area contributed by atoms with Crippen LogP contribution in [0.3, 0.4) is 0 Å². The molecule has 0 aliphatic carbocycles. The van der Waals surface area contributed by atoms with Crippen molar-refractivity contribution in [3.8, 4) is 0 Å². The van der Waals surface area contributed by atoms with E-state index in [1.807, 2.05) is 0 Å². The molecule has 0 aliphatic rings. The number of rotatable bonds is 4. The monoisotopic (exact) mass is 239 g/mol. The molecule has 0 aromatic heterocycles. The third kappa shape index (κ3) is 2.84. The summed E-state index contributed by atoms with van der Waals surface area (Å²) in [5.74, 6) is -0.933. The molecule has 1 unspecified atom stereocenters. The first kappa shape index (κ1) is 12.7. The van der Waals surface area contributed by atoms with Gasteiger partial charge in [-0.05, 0) is 17.7 Å². The summed E-state index contributed by atoms with van der Waals surface area (Å²) >= 11 is 3.76. The molecule has 0 saturated carbocycles. The lowest BCUT2D eigenvalue weighted by Gasteiger charge is -2.11. The van der Waals surface area contributed by atoms with Crippen LogP contribution in [0.1, 0.15) is 21.8 Å². The Hall–Kier alpha value is -1.33. The van der Waals surface area contributed by atoms with Gasteiger partial charge in [-0.15, -0.1) is 12.6 Å². The Bertz CT molecular complexity index is 406. The van der Waals surface area contributed by atoms with E-state index in [1.165, 1.54) is 7.11 Å². The molecular weight excluding hydrogens is 226 g/mol. The van der Waals surface area contributed by atoms with Gasteiger partial charge in [-0.1, -0.05) is 12.1 Å². The molecule has 0 aliphatic heterocycles. The number of methoxy groups -OCH3 is 1. The number of nitrogens with two attached hydrogens (primary N) is 1. The van der Waals surface area contributed by atoms with Gasteiger partial charge in [0.15, 0.2) is 5.12 Å². The molecule has 0 spiro atoms. The van der Waals surface area contributed by atoms with Gasteiger partial charge in [-0.3, -0.25) is 4.79 Å². The largest absolute Gasteiger partial charge is 0.465 e. The summed E-state index contributed by atoms with van der Waals surface area (Å²) in [6, 6.07) is 6.63. The van der Waals surface area contributed by atoms with Crippen LogP contribution >= 0.6 is 12.6 Å². The summed E-state index contributed by atoms with van der Waals surface area (Å²) in [6.07, 6.45) is 0. The van der Waals surface area contributed by atoms with Crippen molar-refractivity contribution >= 4 is 23.7 Å². The molecule has 0 heterocycles. The fraction of sp³-hybridized carbons (Fsp3) is 0.273. The predicted molar refractivity (Wildman–Crippen MR) is 63.6 cm³/mol. The summed E-state index contributed by atoms with van der Waals surface area (Å²) in [7, 11) is 1.30. The second-order valence-electron chi connectivity index (χ2n) is 3.24. The Kier molecular flexibility index (Phi) is 4.52. The molecule has 1 atom stereocenters. The number of carbonyl (C=O) groups excluding carboxylic acids is 2. The fourth-order valence-electron chi connectivity index (χ4n) is 1.38. The third-order valence-electron chi connectivity index (χ3n) is 2.24. The van der Waals surface area contributed by atoms with Crippen LogP contribution in [0, 0.1) is 0 Å². The molecular formula is C11H13NO3S. The minimum Gasteiger partial charge on any atom is -0.465 e. The zero-order chi connectivity index (χ0) is 12.1. The number of esters is 1. The van der Waals surface area contributed by atoms with E-state index in [0.29, 0.717) is 11.1 Å². The lowest BCUT2D eigenvalue weighted by molar-refractivity contribution is -0.111. The van der Waals surface area contributed by atoms with E-state index in [4.69, 9.17) is 5.73 Å². The van der Waals surface area contributed by atoms with E-state index in [2.05, 4.69) is 17.4 Å². The van der Waals surface area contributed by atoms with Crippen molar-refractivity contribution in [1.82, 2.24) is 0 Å². The Morgan fingerprint density at radius 1 is 1.50 bits per heavy atom. The molecule has 86 valence electrons. The summed E-state index contributed by atoms with van der Waals surface area (Å²) in [5, 5.41) is -0.315. The van der Waals surface area contributed by atoms with Crippen LogP contribution in [-0.4, -0.2) is 24.7 Å². The smallest absolute Gasteiger partial charge is 0.337 e. The molecule has 1 rings (SSSR count). The maximum atomic E-state index is 11.3. The molecule has 5 heteroatoms. The van der Waals surface area contributed by atoms with Gasteiger partial charge in [-0.25, -0.2) is 4.79 Å². The van der Waals surface area contributed by atoms with E-state index in [9.17, 15) is 9.59 Å². The second-order valence-corrected chi connectivity index (χ2v) is 3.68. The highest BCUT2D eigenvalue weighted by Gasteiger charge is 2.17. The van der Waals surface area contributed by atoms with Crippen molar-refractivity contribution in [3.05, 3.63) is 35.4 Å². The molecule has 16 heavy (non-hydrogen) atoms. The summed E-state index contributed by atoms with van der Waals surface area (Å²) in [6.45, 7) is 0.160. The number of hydrogen-bond acceptors (Lipinski definition) is 4.